The molecule has 0 aromatic heterocycles. The fraction of sp³-hybridized carbons (Fsp3) is 0.417. The smallest absolute Gasteiger partial charge is 0.270 e. The van der Waals surface area contributed by atoms with Crippen LogP contribution < -0.4 is 0 Å². The summed E-state index contributed by atoms with van der Waals surface area (Å²) in [7, 11) is 0. The van der Waals surface area contributed by atoms with E-state index in [1.54, 1.807) is 20.8 Å². The lowest BCUT2D eigenvalue weighted by Crippen LogP contribution is -2.15. The summed E-state index contributed by atoms with van der Waals surface area (Å²) in [5, 5.41) is 10.5. The second-order valence-corrected chi connectivity index (χ2v) is 5.82. The van der Waals surface area contributed by atoms with Crippen LogP contribution in [0.4, 0.5) is 10.1 Å². The first-order valence-corrected chi connectivity index (χ1v) is 6.96. The van der Waals surface area contributed by atoms with Gasteiger partial charge in [-0.3, -0.25) is 10.1 Å². The highest BCUT2D eigenvalue weighted by molar-refractivity contribution is 7.90. The molecule has 0 heterocycles. The number of non-ortho nitro benzene ring substituents is 1. The Morgan fingerprint density at radius 2 is 2.16 bits per heavy atom. The topological polar surface area (TPSA) is 78.6 Å². The van der Waals surface area contributed by atoms with E-state index >= 15 is 0 Å². The molecule has 7 heteroatoms. The van der Waals surface area contributed by atoms with Crippen molar-refractivity contribution in [2.45, 2.75) is 32.4 Å². The van der Waals surface area contributed by atoms with E-state index in [0.29, 0.717) is 6.42 Å². The number of hydrogen-bond acceptors (Lipinski definition) is 4. The van der Waals surface area contributed by atoms with Crippen LogP contribution in [0.3, 0.4) is 0 Å². The minimum atomic E-state index is -1.48. The van der Waals surface area contributed by atoms with Gasteiger partial charge in [-0.2, -0.15) is 0 Å². The molecule has 1 aromatic rings. The third-order valence-corrected chi connectivity index (χ3v) is 3.62. The van der Waals surface area contributed by atoms with E-state index in [4.69, 9.17) is 0 Å². The summed E-state index contributed by atoms with van der Waals surface area (Å²) in [5.41, 5.74) is 0.0896. The summed E-state index contributed by atoms with van der Waals surface area (Å²) < 4.78 is 29.4. The van der Waals surface area contributed by atoms with Crippen molar-refractivity contribution in [2.75, 3.05) is 0 Å². The van der Waals surface area contributed by atoms with Gasteiger partial charge in [-0.05, 0) is 26.3 Å². The number of hydrogen-bond donors (Lipinski definition) is 0. The van der Waals surface area contributed by atoms with Gasteiger partial charge in [0.15, 0.2) is 0 Å². The van der Waals surface area contributed by atoms with Gasteiger partial charge in [0.25, 0.3) is 5.69 Å². The summed E-state index contributed by atoms with van der Waals surface area (Å²) in [6.07, 6.45) is 0.344. The normalized spacial score (nSPS) is 13.7. The number of nitro benzene ring substituents is 1. The van der Waals surface area contributed by atoms with Gasteiger partial charge in [-0.25, -0.2) is 4.39 Å². The lowest BCUT2D eigenvalue weighted by Gasteiger charge is -2.10. The SMILES string of the molecule is CC/C(=N\[S@+]([O-])C(C)C)c1cc([N+](=O)[O-])ccc1F. The number of nitrogens with zero attached hydrogens (tertiary/aromatic N) is 2. The molecule has 0 N–H and O–H groups in total. The molecule has 0 aliphatic heterocycles. The van der Waals surface area contributed by atoms with Crippen LogP contribution in [0.15, 0.2) is 22.6 Å². The Morgan fingerprint density at radius 1 is 1.53 bits per heavy atom. The van der Waals surface area contributed by atoms with Crippen molar-refractivity contribution in [3.05, 3.63) is 39.7 Å². The molecular formula is C12H15FN2O3S. The Morgan fingerprint density at radius 3 is 2.63 bits per heavy atom. The van der Waals surface area contributed by atoms with E-state index < -0.39 is 22.1 Å². The van der Waals surface area contributed by atoms with E-state index in [2.05, 4.69) is 4.40 Å². The molecule has 0 fully saturated rings. The van der Waals surface area contributed by atoms with Crippen LogP contribution in [0.25, 0.3) is 0 Å². The molecule has 104 valence electrons. The Bertz CT molecular complexity index is 506. The van der Waals surface area contributed by atoms with Gasteiger partial charge in [0.2, 0.25) is 0 Å². The Labute approximate surface area is 114 Å². The first kappa shape index (κ1) is 15.6. The van der Waals surface area contributed by atoms with Crippen LogP contribution in [0.5, 0.6) is 0 Å². The standard InChI is InChI=1S/C12H15FN2O3S/c1-4-12(14-19(18)8(2)3)10-7-9(15(16)17)5-6-11(10)13/h5-8H,4H2,1-3H3/b14-12+/t19-/m1/s1. The van der Waals surface area contributed by atoms with Crippen LogP contribution in [0.2, 0.25) is 0 Å². The van der Waals surface area contributed by atoms with E-state index in [1.165, 1.54) is 0 Å². The van der Waals surface area contributed by atoms with Crippen molar-refractivity contribution in [1.29, 1.82) is 0 Å². The van der Waals surface area contributed by atoms with Crippen molar-refractivity contribution >= 4 is 22.8 Å². The second kappa shape index (κ2) is 6.63. The van der Waals surface area contributed by atoms with Crippen LogP contribution in [-0.4, -0.2) is 20.4 Å². The highest BCUT2D eigenvalue weighted by Crippen LogP contribution is 2.20. The van der Waals surface area contributed by atoms with Crippen LogP contribution in [0.1, 0.15) is 32.8 Å². The number of benzene rings is 1. The van der Waals surface area contributed by atoms with Crippen molar-refractivity contribution in [1.82, 2.24) is 0 Å². The predicted molar refractivity (Wildman–Crippen MR) is 73.2 cm³/mol. The van der Waals surface area contributed by atoms with Crippen molar-refractivity contribution in [3.63, 3.8) is 0 Å². The minimum absolute atomic E-state index is 0.0331. The summed E-state index contributed by atoms with van der Waals surface area (Å²) in [4.78, 5) is 10.1. The Hall–Kier alpha value is -1.47. The maximum Gasteiger partial charge on any atom is 0.270 e. The van der Waals surface area contributed by atoms with Gasteiger partial charge >= 0.3 is 0 Å². The van der Waals surface area contributed by atoms with E-state index in [0.717, 1.165) is 18.2 Å². The minimum Gasteiger partial charge on any atom is -0.591 e. The maximum atomic E-state index is 13.7. The molecule has 0 radical (unpaired) electrons. The fourth-order valence-electron chi connectivity index (χ4n) is 1.37. The third-order valence-electron chi connectivity index (χ3n) is 2.41. The summed E-state index contributed by atoms with van der Waals surface area (Å²) in [6, 6.07) is 3.23. The average Bonchev–Trinajstić information content (AvgIpc) is 2.36. The Balaban J connectivity index is 3.24. The average molecular weight is 286 g/mol. The molecule has 1 aromatic carbocycles. The van der Waals surface area contributed by atoms with Crippen molar-refractivity contribution in [3.8, 4) is 0 Å². The molecule has 0 saturated heterocycles. The zero-order chi connectivity index (χ0) is 14.6. The summed E-state index contributed by atoms with van der Waals surface area (Å²) >= 11 is -1.48. The molecule has 0 spiro atoms. The Kier molecular flexibility index (Phi) is 5.44. The first-order chi connectivity index (χ1) is 8.86. The van der Waals surface area contributed by atoms with Gasteiger partial charge < -0.3 is 4.55 Å². The van der Waals surface area contributed by atoms with Crippen molar-refractivity contribution < 1.29 is 13.9 Å². The van der Waals surface area contributed by atoms with Gasteiger partial charge in [-0.1, -0.05) is 11.3 Å². The first-order valence-electron chi connectivity index (χ1n) is 5.79. The molecule has 0 aliphatic carbocycles. The monoisotopic (exact) mass is 286 g/mol. The second-order valence-electron chi connectivity index (χ2n) is 4.14. The fourth-order valence-corrected chi connectivity index (χ4v) is 2.02. The van der Waals surface area contributed by atoms with Gasteiger partial charge in [0.1, 0.15) is 16.8 Å². The quantitative estimate of drug-likeness (QED) is 0.361. The summed E-state index contributed by atoms with van der Waals surface area (Å²) in [5.74, 6) is -0.605. The van der Waals surface area contributed by atoms with Crippen LogP contribution >= 0.6 is 0 Å². The van der Waals surface area contributed by atoms with Crippen molar-refractivity contribution in [2.24, 2.45) is 4.40 Å². The lowest BCUT2D eigenvalue weighted by atomic mass is 10.1. The van der Waals surface area contributed by atoms with E-state index in [9.17, 15) is 19.1 Å². The van der Waals surface area contributed by atoms with E-state index in [-0.39, 0.29) is 22.2 Å². The predicted octanol–water partition coefficient (Wildman–Crippen LogP) is 3.01. The van der Waals surface area contributed by atoms with E-state index in [1.807, 2.05) is 0 Å². The highest BCUT2D eigenvalue weighted by atomic mass is 32.2. The number of rotatable bonds is 5. The van der Waals surface area contributed by atoms with Gasteiger partial charge in [0.05, 0.1) is 16.3 Å². The van der Waals surface area contributed by atoms with Gasteiger partial charge in [-0.15, -0.1) is 0 Å². The summed E-state index contributed by atoms with van der Waals surface area (Å²) in [6.45, 7) is 5.20. The molecular weight excluding hydrogens is 271 g/mol. The molecule has 0 aliphatic rings. The molecule has 0 unspecified atom stereocenters. The largest absolute Gasteiger partial charge is 0.591 e. The highest BCUT2D eigenvalue weighted by Gasteiger charge is 2.18. The molecule has 5 nitrogen and oxygen atoms in total. The molecule has 1 atom stereocenters. The zero-order valence-electron chi connectivity index (χ0n) is 10.9. The molecule has 1 rings (SSSR count). The third kappa shape index (κ3) is 4.00. The molecule has 0 bridgehead atoms. The van der Waals surface area contributed by atoms with Crippen LogP contribution in [0, 0.1) is 15.9 Å². The van der Waals surface area contributed by atoms with Crippen LogP contribution in [-0.2, 0) is 11.4 Å². The molecule has 0 saturated carbocycles. The van der Waals surface area contributed by atoms with Gasteiger partial charge in [0, 0.05) is 17.7 Å². The molecule has 0 amide bonds. The molecule has 19 heavy (non-hydrogen) atoms. The number of nitro groups is 1. The zero-order valence-corrected chi connectivity index (χ0v) is 11.7. The lowest BCUT2D eigenvalue weighted by molar-refractivity contribution is -0.384. The number of halogens is 1. The maximum absolute atomic E-state index is 13.7.